The Morgan fingerprint density at radius 3 is 2.81 bits per heavy atom. The number of H-pyrrole nitrogens is 1. The smallest absolute Gasteiger partial charge is 0.315 e. The number of benzene rings is 1. The highest BCUT2D eigenvalue weighted by Gasteiger charge is 2.18. The number of hydrogen-bond donors (Lipinski definition) is 1. The number of rotatable bonds is 6. The molecule has 108 valence electrons. The van der Waals surface area contributed by atoms with Crippen LogP contribution in [0.1, 0.15) is 29.0 Å². The molecule has 2 rings (SSSR count). The Balaban J connectivity index is 2.16. The number of thioether (sulfide) groups is 1. The van der Waals surface area contributed by atoms with Crippen molar-refractivity contribution in [3.8, 4) is 6.07 Å². The molecule has 21 heavy (non-hydrogen) atoms. The summed E-state index contributed by atoms with van der Waals surface area (Å²) in [7, 11) is 0. The molecule has 0 spiro atoms. The van der Waals surface area contributed by atoms with Gasteiger partial charge in [0.25, 0.3) is 0 Å². The minimum Gasteiger partial charge on any atom is -0.465 e. The molecule has 0 saturated heterocycles. The van der Waals surface area contributed by atoms with Gasteiger partial charge in [0.15, 0.2) is 0 Å². The molecule has 0 aliphatic heterocycles. The molecule has 1 aromatic heterocycles. The van der Waals surface area contributed by atoms with Crippen molar-refractivity contribution in [3.63, 3.8) is 0 Å². The number of aromatic nitrogens is 2. The van der Waals surface area contributed by atoms with Crippen LogP contribution in [0.15, 0.2) is 36.8 Å². The van der Waals surface area contributed by atoms with Gasteiger partial charge in [-0.15, -0.1) is 11.8 Å². The van der Waals surface area contributed by atoms with Crippen LogP contribution in [0.5, 0.6) is 0 Å². The summed E-state index contributed by atoms with van der Waals surface area (Å²) in [5.74, 6) is 0.0259. The number of aromatic amines is 1. The highest BCUT2D eigenvalue weighted by atomic mass is 32.2. The summed E-state index contributed by atoms with van der Waals surface area (Å²) in [4.78, 5) is 18.6. The quantitative estimate of drug-likeness (QED) is 0.830. The zero-order valence-corrected chi connectivity index (χ0v) is 12.4. The molecule has 1 atom stereocenters. The zero-order chi connectivity index (χ0) is 15.1. The van der Waals surface area contributed by atoms with E-state index < -0.39 is 0 Å². The summed E-state index contributed by atoms with van der Waals surface area (Å²) in [6, 6.07) is 9.41. The lowest BCUT2D eigenvalue weighted by Crippen LogP contribution is -2.09. The molecular weight excluding hydrogens is 286 g/mol. The summed E-state index contributed by atoms with van der Waals surface area (Å²) in [6.45, 7) is 2.17. The number of carbonyl (C=O) groups is 1. The third kappa shape index (κ3) is 4.10. The number of nitrogens with zero attached hydrogens (tertiary/aromatic N) is 2. The van der Waals surface area contributed by atoms with E-state index in [1.807, 2.05) is 12.1 Å². The highest BCUT2D eigenvalue weighted by molar-refractivity contribution is 8.00. The Morgan fingerprint density at radius 2 is 2.24 bits per heavy atom. The van der Waals surface area contributed by atoms with E-state index in [0.717, 1.165) is 11.3 Å². The summed E-state index contributed by atoms with van der Waals surface area (Å²) in [6.07, 6.45) is 3.35. The van der Waals surface area contributed by atoms with Crippen molar-refractivity contribution in [1.29, 1.82) is 5.26 Å². The van der Waals surface area contributed by atoms with E-state index in [-0.39, 0.29) is 17.0 Å². The van der Waals surface area contributed by atoms with E-state index >= 15 is 0 Å². The number of ether oxygens (including phenoxy) is 1. The minimum atomic E-state index is -0.235. The van der Waals surface area contributed by atoms with Crippen molar-refractivity contribution < 1.29 is 9.53 Å². The van der Waals surface area contributed by atoms with Gasteiger partial charge in [-0.25, -0.2) is 4.98 Å². The van der Waals surface area contributed by atoms with Gasteiger partial charge < -0.3 is 9.72 Å². The van der Waals surface area contributed by atoms with Crippen LogP contribution in [0.25, 0.3) is 0 Å². The standard InChI is InChI=1S/C15H15N3O2S/c1-2-20-14(19)9-21-15(13-8-17-10-18-13)12-5-3-11(7-16)4-6-12/h3-6,8,10,15H,2,9H2,1H3,(H,17,18). The number of imidazole rings is 1. The van der Waals surface area contributed by atoms with E-state index in [1.54, 1.807) is 31.6 Å². The van der Waals surface area contributed by atoms with Gasteiger partial charge in [0.2, 0.25) is 0 Å². The molecule has 5 nitrogen and oxygen atoms in total. The van der Waals surface area contributed by atoms with Crippen molar-refractivity contribution in [2.45, 2.75) is 12.2 Å². The van der Waals surface area contributed by atoms with Crippen LogP contribution in [0.4, 0.5) is 0 Å². The topological polar surface area (TPSA) is 78.8 Å². The maximum Gasteiger partial charge on any atom is 0.315 e. The van der Waals surface area contributed by atoms with Crippen molar-refractivity contribution in [3.05, 3.63) is 53.6 Å². The molecule has 0 aliphatic carbocycles. The number of nitrogens with one attached hydrogen (secondary N) is 1. The Morgan fingerprint density at radius 1 is 1.48 bits per heavy atom. The average Bonchev–Trinajstić information content (AvgIpc) is 3.02. The molecule has 0 bridgehead atoms. The lowest BCUT2D eigenvalue weighted by Gasteiger charge is -2.15. The second-order valence-electron chi connectivity index (χ2n) is 4.24. The summed E-state index contributed by atoms with van der Waals surface area (Å²) >= 11 is 1.47. The molecule has 1 N–H and O–H groups in total. The Kier molecular flexibility index (Phi) is 5.41. The molecule has 0 fully saturated rings. The minimum absolute atomic E-state index is 0.0513. The maximum absolute atomic E-state index is 11.5. The molecule has 1 aromatic carbocycles. The fourth-order valence-electron chi connectivity index (χ4n) is 1.86. The molecule has 2 aromatic rings. The number of carbonyl (C=O) groups excluding carboxylic acids is 1. The Hall–Kier alpha value is -2.26. The first-order valence-corrected chi connectivity index (χ1v) is 7.55. The van der Waals surface area contributed by atoms with Gasteiger partial charge in [-0.2, -0.15) is 5.26 Å². The summed E-state index contributed by atoms with van der Waals surface area (Å²) in [5.41, 5.74) is 2.53. The predicted octanol–water partition coefficient (Wildman–Crippen LogP) is 2.67. The normalized spacial score (nSPS) is 11.6. The lowest BCUT2D eigenvalue weighted by atomic mass is 10.1. The lowest BCUT2D eigenvalue weighted by molar-refractivity contribution is -0.139. The first kappa shape index (κ1) is 15.1. The van der Waals surface area contributed by atoms with Gasteiger partial charge in [-0.1, -0.05) is 12.1 Å². The molecule has 0 aliphatic rings. The Bertz CT molecular complexity index is 617. The van der Waals surface area contributed by atoms with E-state index in [9.17, 15) is 4.79 Å². The van der Waals surface area contributed by atoms with Crippen LogP contribution in [0, 0.1) is 11.3 Å². The van der Waals surface area contributed by atoms with E-state index in [1.165, 1.54) is 11.8 Å². The summed E-state index contributed by atoms with van der Waals surface area (Å²) in [5, 5.41) is 8.80. The maximum atomic E-state index is 11.5. The van der Waals surface area contributed by atoms with Crippen LogP contribution < -0.4 is 0 Å². The highest BCUT2D eigenvalue weighted by Crippen LogP contribution is 2.34. The monoisotopic (exact) mass is 301 g/mol. The van der Waals surface area contributed by atoms with Gasteiger partial charge in [0, 0.05) is 6.20 Å². The van der Waals surface area contributed by atoms with Crippen LogP contribution in [-0.4, -0.2) is 28.3 Å². The van der Waals surface area contributed by atoms with Gasteiger partial charge in [-0.05, 0) is 24.6 Å². The molecule has 1 unspecified atom stereocenters. The largest absolute Gasteiger partial charge is 0.465 e. The molecular formula is C15H15N3O2S. The second kappa shape index (κ2) is 7.50. The SMILES string of the molecule is CCOC(=O)CSC(c1ccc(C#N)cc1)c1cnc[nH]1. The Labute approximate surface area is 127 Å². The molecule has 1 heterocycles. The van der Waals surface area contributed by atoms with Gasteiger partial charge in [0.05, 0.1) is 41.3 Å². The van der Waals surface area contributed by atoms with Crippen molar-refractivity contribution in [2.24, 2.45) is 0 Å². The van der Waals surface area contributed by atoms with Crippen LogP contribution in [0.3, 0.4) is 0 Å². The first-order chi connectivity index (χ1) is 10.2. The average molecular weight is 301 g/mol. The summed E-state index contributed by atoms with van der Waals surface area (Å²) < 4.78 is 4.95. The van der Waals surface area contributed by atoms with Crippen LogP contribution in [0.2, 0.25) is 0 Å². The second-order valence-corrected chi connectivity index (χ2v) is 5.33. The fraction of sp³-hybridized carbons (Fsp3) is 0.267. The van der Waals surface area contributed by atoms with Gasteiger partial charge >= 0.3 is 5.97 Å². The van der Waals surface area contributed by atoms with E-state index in [2.05, 4.69) is 16.0 Å². The van der Waals surface area contributed by atoms with Crippen LogP contribution in [-0.2, 0) is 9.53 Å². The van der Waals surface area contributed by atoms with Crippen molar-refractivity contribution in [2.75, 3.05) is 12.4 Å². The third-order valence-corrected chi connectivity index (χ3v) is 4.08. The van der Waals surface area contributed by atoms with E-state index in [4.69, 9.17) is 10.00 Å². The van der Waals surface area contributed by atoms with Gasteiger partial charge in [0.1, 0.15) is 0 Å². The fourth-order valence-corrected chi connectivity index (χ4v) is 2.91. The molecule has 6 heteroatoms. The molecule has 0 amide bonds. The first-order valence-electron chi connectivity index (χ1n) is 6.50. The predicted molar refractivity (Wildman–Crippen MR) is 80.7 cm³/mol. The van der Waals surface area contributed by atoms with Crippen molar-refractivity contribution >= 4 is 17.7 Å². The number of nitriles is 1. The van der Waals surface area contributed by atoms with Crippen molar-refractivity contribution in [1.82, 2.24) is 9.97 Å². The zero-order valence-electron chi connectivity index (χ0n) is 11.6. The molecule has 0 radical (unpaired) electrons. The van der Waals surface area contributed by atoms with E-state index in [0.29, 0.717) is 12.2 Å². The number of hydrogen-bond acceptors (Lipinski definition) is 5. The van der Waals surface area contributed by atoms with Gasteiger partial charge in [-0.3, -0.25) is 4.79 Å². The molecule has 0 saturated carbocycles. The third-order valence-electron chi connectivity index (χ3n) is 2.82. The number of esters is 1. The van der Waals surface area contributed by atoms with Crippen LogP contribution >= 0.6 is 11.8 Å².